The summed E-state index contributed by atoms with van der Waals surface area (Å²) < 4.78 is 5.50. The van der Waals surface area contributed by atoms with E-state index in [1.54, 1.807) is 0 Å². The van der Waals surface area contributed by atoms with Gasteiger partial charge in [-0.15, -0.1) is 0 Å². The lowest BCUT2D eigenvalue weighted by atomic mass is 10.0. The van der Waals surface area contributed by atoms with Crippen molar-refractivity contribution >= 4 is 11.9 Å². The van der Waals surface area contributed by atoms with Gasteiger partial charge < -0.3 is 20.3 Å². The van der Waals surface area contributed by atoms with Crippen molar-refractivity contribution in [2.75, 3.05) is 13.2 Å². The lowest BCUT2D eigenvalue weighted by Gasteiger charge is -2.22. The van der Waals surface area contributed by atoms with Gasteiger partial charge in [-0.05, 0) is 51.4 Å². The van der Waals surface area contributed by atoms with E-state index in [1.807, 2.05) is 0 Å². The molecule has 0 saturated carbocycles. The number of hydrogen-bond donors (Lipinski definition) is 3. The van der Waals surface area contributed by atoms with Crippen molar-refractivity contribution in [3.63, 3.8) is 0 Å². The van der Waals surface area contributed by atoms with Crippen LogP contribution in [0.25, 0.3) is 0 Å². The highest BCUT2D eigenvalue weighted by Crippen LogP contribution is 2.20. The minimum absolute atomic E-state index is 0.0218. The normalized spacial score (nSPS) is 12.5. The van der Waals surface area contributed by atoms with E-state index in [4.69, 9.17) is 4.74 Å². The molecule has 1 amide bonds. The summed E-state index contributed by atoms with van der Waals surface area (Å²) in [6.07, 6.45) is 95.9. The monoisotopic (exact) mass is 1210 g/mol. The molecule has 512 valence electrons. The summed E-state index contributed by atoms with van der Waals surface area (Å²) in [5.74, 6) is -0.00450. The van der Waals surface area contributed by atoms with E-state index in [-0.39, 0.29) is 18.5 Å². The fourth-order valence-corrected chi connectivity index (χ4v) is 13.0. The highest BCUT2D eigenvalue weighted by molar-refractivity contribution is 5.76. The van der Waals surface area contributed by atoms with E-state index < -0.39 is 12.1 Å². The molecule has 0 rings (SSSR count). The number of carbonyl (C=O) groups is 2. The molecule has 6 heteroatoms. The quantitative estimate of drug-likeness (QED) is 0.0320. The molecule has 2 atom stereocenters. The third kappa shape index (κ3) is 71.7. The van der Waals surface area contributed by atoms with Gasteiger partial charge in [-0.3, -0.25) is 9.59 Å². The zero-order valence-corrected chi connectivity index (χ0v) is 58.8. The van der Waals surface area contributed by atoms with E-state index in [0.29, 0.717) is 25.9 Å². The van der Waals surface area contributed by atoms with Crippen molar-refractivity contribution in [3.05, 3.63) is 12.2 Å². The zero-order chi connectivity index (χ0) is 62.0. The number of ether oxygens (including phenoxy) is 1. The Morgan fingerprint density at radius 2 is 0.547 bits per heavy atom. The van der Waals surface area contributed by atoms with Crippen LogP contribution < -0.4 is 5.32 Å². The average Bonchev–Trinajstić information content (AvgIpc) is 3.58. The van der Waals surface area contributed by atoms with Crippen LogP contribution in [0.5, 0.6) is 0 Å². The Morgan fingerprint density at radius 1 is 0.314 bits per heavy atom. The van der Waals surface area contributed by atoms with E-state index in [1.165, 1.54) is 392 Å². The Morgan fingerprint density at radius 3 is 0.826 bits per heavy atom. The second-order valence-corrected chi connectivity index (χ2v) is 27.8. The van der Waals surface area contributed by atoms with Gasteiger partial charge in [-0.25, -0.2) is 0 Å². The number of hydrogen-bond acceptors (Lipinski definition) is 5. The molecular formula is C80H157NO5. The number of allylic oxidation sites excluding steroid dienone is 2. The molecule has 0 aromatic rings. The standard InChI is InChI=1S/C80H157NO5/c1-3-5-7-9-11-13-15-17-19-20-21-22-33-36-39-42-45-48-52-56-60-64-68-72-78(83)77(76-82)81-79(84)73-69-65-61-57-53-49-46-43-40-37-34-31-29-27-25-23-24-26-28-30-32-35-38-41-44-47-51-55-59-63-67-71-75-86-80(85)74-70-66-62-58-54-50-18-16-14-12-10-8-6-4-2/h26,28,77-78,82-83H,3-25,27,29-76H2,1-2H3,(H,81,84)/b28-26-. The minimum atomic E-state index is -0.663. The Bertz CT molecular complexity index is 1300. The van der Waals surface area contributed by atoms with Gasteiger partial charge in [0.15, 0.2) is 0 Å². The molecule has 0 aromatic carbocycles. The predicted molar refractivity (Wildman–Crippen MR) is 380 cm³/mol. The Labute approximate surface area is 539 Å². The number of unbranched alkanes of at least 4 members (excludes halogenated alkanes) is 63. The van der Waals surface area contributed by atoms with E-state index in [0.717, 1.165) is 38.5 Å². The van der Waals surface area contributed by atoms with Crippen LogP contribution in [0.15, 0.2) is 12.2 Å². The second-order valence-electron chi connectivity index (χ2n) is 27.8. The third-order valence-corrected chi connectivity index (χ3v) is 19.1. The first kappa shape index (κ1) is 84.6. The molecule has 3 N–H and O–H groups in total. The van der Waals surface area contributed by atoms with Crippen molar-refractivity contribution in [1.82, 2.24) is 5.32 Å². The Hall–Kier alpha value is -1.40. The van der Waals surface area contributed by atoms with Crippen LogP contribution in [0, 0.1) is 0 Å². The first-order valence-electron chi connectivity index (χ1n) is 39.9. The van der Waals surface area contributed by atoms with Gasteiger partial charge in [0.25, 0.3) is 0 Å². The van der Waals surface area contributed by atoms with Crippen molar-refractivity contribution < 1.29 is 24.5 Å². The van der Waals surface area contributed by atoms with Crippen LogP contribution in [0.1, 0.15) is 463 Å². The Balaban J connectivity index is 3.35. The third-order valence-electron chi connectivity index (χ3n) is 19.1. The molecule has 0 bridgehead atoms. The van der Waals surface area contributed by atoms with Crippen LogP contribution in [0.4, 0.5) is 0 Å². The molecule has 0 radical (unpaired) electrons. The summed E-state index contributed by atoms with van der Waals surface area (Å²) in [6.45, 7) is 5.01. The number of aliphatic hydroxyl groups is 2. The van der Waals surface area contributed by atoms with Crippen LogP contribution in [0.3, 0.4) is 0 Å². The van der Waals surface area contributed by atoms with Gasteiger partial charge in [0.05, 0.1) is 25.4 Å². The first-order chi connectivity index (χ1) is 42.5. The highest BCUT2D eigenvalue weighted by Gasteiger charge is 2.20. The lowest BCUT2D eigenvalue weighted by molar-refractivity contribution is -0.143. The SMILES string of the molecule is CCCCCCCCCCCCCCCCCCCCCCCCCC(O)C(CO)NC(=O)CCCCCCCCCCCCCCCCCC/C=C\CCCCCCCCCCCCCCOC(=O)CCCCCCCCCCCCCCCC. The molecule has 0 spiro atoms. The maximum Gasteiger partial charge on any atom is 0.305 e. The summed E-state index contributed by atoms with van der Waals surface area (Å²) in [7, 11) is 0. The summed E-state index contributed by atoms with van der Waals surface area (Å²) in [5.41, 5.74) is 0. The topological polar surface area (TPSA) is 95.9 Å². The second kappa shape index (κ2) is 76.1. The van der Waals surface area contributed by atoms with Gasteiger partial charge >= 0.3 is 5.97 Å². The van der Waals surface area contributed by atoms with E-state index in [9.17, 15) is 19.8 Å². The highest BCUT2D eigenvalue weighted by atomic mass is 16.5. The smallest absolute Gasteiger partial charge is 0.305 e. The molecule has 0 saturated heterocycles. The summed E-state index contributed by atoms with van der Waals surface area (Å²) in [5, 5.41) is 23.5. The molecule has 86 heavy (non-hydrogen) atoms. The van der Waals surface area contributed by atoms with E-state index in [2.05, 4.69) is 31.3 Å². The van der Waals surface area contributed by atoms with Gasteiger partial charge in [0, 0.05) is 12.8 Å². The predicted octanol–water partition coefficient (Wildman–Crippen LogP) is 26.3. The molecule has 0 aliphatic heterocycles. The van der Waals surface area contributed by atoms with Crippen molar-refractivity contribution in [3.8, 4) is 0 Å². The van der Waals surface area contributed by atoms with Crippen molar-refractivity contribution in [1.29, 1.82) is 0 Å². The van der Waals surface area contributed by atoms with Crippen molar-refractivity contribution in [2.24, 2.45) is 0 Å². The van der Waals surface area contributed by atoms with Gasteiger partial charge in [-0.1, -0.05) is 411 Å². The lowest BCUT2D eigenvalue weighted by Crippen LogP contribution is -2.45. The molecule has 6 nitrogen and oxygen atoms in total. The molecule has 0 aliphatic rings. The van der Waals surface area contributed by atoms with E-state index >= 15 is 0 Å². The van der Waals surface area contributed by atoms with Gasteiger partial charge in [0.1, 0.15) is 0 Å². The molecular weight excluding hydrogens is 1050 g/mol. The van der Waals surface area contributed by atoms with Crippen LogP contribution in [-0.2, 0) is 14.3 Å². The molecule has 0 aromatic heterocycles. The maximum absolute atomic E-state index is 12.6. The zero-order valence-electron chi connectivity index (χ0n) is 58.8. The first-order valence-corrected chi connectivity index (χ1v) is 39.9. The van der Waals surface area contributed by atoms with Crippen LogP contribution in [-0.4, -0.2) is 47.4 Å². The maximum atomic E-state index is 12.6. The fraction of sp³-hybridized carbons (Fsp3) is 0.950. The Kier molecular flexibility index (Phi) is 74.8. The number of nitrogens with one attached hydrogen (secondary N) is 1. The molecule has 0 heterocycles. The molecule has 2 unspecified atom stereocenters. The number of amides is 1. The average molecular weight is 1210 g/mol. The summed E-state index contributed by atoms with van der Waals surface area (Å²) in [6, 6.07) is -0.540. The summed E-state index contributed by atoms with van der Waals surface area (Å²) in [4.78, 5) is 24.6. The largest absolute Gasteiger partial charge is 0.466 e. The van der Waals surface area contributed by atoms with Crippen molar-refractivity contribution in [2.45, 2.75) is 475 Å². The number of esters is 1. The number of rotatable bonds is 76. The molecule has 0 aliphatic carbocycles. The van der Waals surface area contributed by atoms with Gasteiger partial charge in [0.2, 0.25) is 5.91 Å². The fourth-order valence-electron chi connectivity index (χ4n) is 13.0. The number of aliphatic hydroxyl groups excluding tert-OH is 2. The minimum Gasteiger partial charge on any atom is -0.466 e. The molecule has 0 fully saturated rings. The summed E-state index contributed by atoms with van der Waals surface area (Å²) >= 11 is 0. The van der Waals surface area contributed by atoms with Crippen LogP contribution >= 0.6 is 0 Å². The van der Waals surface area contributed by atoms with Crippen LogP contribution in [0.2, 0.25) is 0 Å². The van der Waals surface area contributed by atoms with Gasteiger partial charge in [-0.2, -0.15) is 0 Å². The number of carbonyl (C=O) groups excluding carboxylic acids is 2.